The molecule has 1 aromatic heterocycles. The topological polar surface area (TPSA) is 58.7 Å². The monoisotopic (exact) mass is 302 g/mol. The Kier molecular flexibility index (Phi) is 4.34. The van der Waals surface area contributed by atoms with Gasteiger partial charge in [0.15, 0.2) is 17.3 Å². The minimum Gasteiger partial charge on any atom is -0.504 e. The third-order valence-electron chi connectivity index (χ3n) is 4.26. The smallest absolute Gasteiger partial charge is 0.160 e. The highest BCUT2D eigenvalue weighted by atomic mass is 16.5. The van der Waals surface area contributed by atoms with Gasteiger partial charge in [-0.25, -0.2) is 0 Å². The molecule has 3 rings (SSSR count). The van der Waals surface area contributed by atoms with E-state index in [-0.39, 0.29) is 11.8 Å². The van der Waals surface area contributed by atoms with E-state index in [0.29, 0.717) is 5.75 Å². The van der Waals surface area contributed by atoms with Crippen molar-refractivity contribution in [1.82, 2.24) is 10.1 Å². The summed E-state index contributed by atoms with van der Waals surface area (Å²) < 4.78 is 10.6. The van der Waals surface area contributed by atoms with Crippen molar-refractivity contribution in [2.75, 3.05) is 13.7 Å². The van der Waals surface area contributed by atoms with Crippen LogP contribution in [0.15, 0.2) is 28.8 Å². The molecule has 1 aliphatic heterocycles. The predicted molar refractivity (Wildman–Crippen MR) is 82.9 cm³/mol. The van der Waals surface area contributed by atoms with Gasteiger partial charge in [-0.1, -0.05) is 18.1 Å². The summed E-state index contributed by atoms with van der Waals surface area (Å²) in [7, 11) is 1.56. The van der Waals surface area contributed by atoms with Crippen LogP contribution < -0.4 is 4.74 Å². The average Bonchev–Trinajstić information content (AvgIpc) is 3.15. The standard InChI is InChI=1S/C17H22N2O3/c1-3-13-10-17(22-18-13)14-5-4-8-19(14)11-12-6-7-16(21-2)15(20)9-12/h6-7,9-10,14,20H,3-5,8,11H2,1-2H3/t14-/m0/s1. The maximum Gasteiger partial charge on any atom is 0.160 e. The summed E-state index contributed by atoms with van der Waals surface area (Å²) in [5.74, 6) is 1.64. The summed E-state index contributed by atoms with van der Waals surface area (Å²) in [4.78, 5) is 2.38. The Balaban J connectivity index is 1.74. The number of aromatic nitrogens is 1. The number of methoxy groups -OCH3 is 1. The van der Waals surface area contributed by atoms with E-state index in [1.54, 1.807) is 19.2 Å². The van der Waals surface area contributed by atoms with Gasteiger partial charge in [0.1, 0.15) is 0 Å². The molecule has 1 N–H and O–H groups in total. The lowest BCUT2D eigenvalue weighted by Crippen LogP contribution is -2.22. The summed E-state index contributed by atoms with van der Waals surface area (Å²) in [6.45, 7) is 3.89. The number of likely N-dealkylation sites (tertiary alicyclic amines) is 1. The van der Waals surface area contributed by atoms with Crippen molar-refractivity contribution < 1.29 is 14.4 Å². The van der Waals surface area contributed by atoms with E-state index >= 15 is 0 Å². The van der Waals surface area contributed by atoms with E-state index in [1.807, 2.05) is 6.07 Å². The molecular formula is C17H22N2O3. The first-order valence-corrected chi connectivity index (χ1v) is 7.76. The Labute approximate surface area is 130 Å². The SMILES string of the molecule is CCc1cc([C@@H]2CCCN2Cc2ccc(OC)c(O)c2)on1. The first kappa shape index (κ1) is 14.9. The molecule has 1 aliphatic rings. The Morgan fingerprint density at radius 3 is 2.95 bits per heavy atom. The number of nitrogens with zero attached hydrogens (tertiary/aromatic N) is 2. The molecule has 1 aromatic carbocycles. The molecule has 5 heteroatoms. The van der Waals surface area contributed by atoms with Crippen LogP contribution in [0.3, 0.4) is 0 Å². The molecule has 0 radical (unpaired) electrons. The average molecular weight is 302 g/mol. The van der Waals surface area contributed by atoms with Crippen LogP contribution in [0.2, 0.25) is 0 Å². The van der Waals surface area contributed by atoms with Crippen LogP contribution in [-0.4, -0.2) is 28.8 Å². The van der Waals surface area contributed by atoms with E-state index in [0.717, 1.165) is 49.4 Å². The third kappa shape index (κ3) is 2.95. The predicted octanol–water partition coefficient (Wildman–Crippen LogP) is 3.29. The molecule has 22 heavy (non-hydrogen) atoms. The zero-order valence-corrected chi connectivity index (χ0v) is 13.1. The molecule has 0 amide bonds. The molecule has 5 nitrogen and oxygen atoms in total. The number of aryl methyl sites for hydroxylation is 1. The number of ether oxygens (including phenoxy) is 1. The Morgan fingerprint density at radius 1 is 1.41 bits per heavy atom. The fourth-order valence-electron chi connectivity index (χ4n) is 3.06. The molecule has 0 bridgehead atoms. The fourth-order valence-corrected chi connectivity index (χ4v) is 3.06. The van der Waals surface area contributed by atoms with Crippen LogP contribution in [0.1, 0.15) is 42.8 Å². The highest BCUT2D eigenvalue weighted by Gasteiger charge is 2.29. The van der Waals surface area contributed by atoms with Crippen LogP contribution in [0.25, 0.3) is 0 Å². The molecule has 0 unspecified atom stereocenters. The lowest BCUT2D eigenvalue weighted by atomic mass is 10.1. The van der Waals surface area contributed by atoms with Gasteiger partial charge in [0, 0.05) is 12.6 Å². The van der Waals surface area contributed by atoms with Crippen molar-refractivity contribution >= 4 is 0 Å². The van der Waals surface area contributed by atoms with Gasteiger partial charge in [-0.2, -0.15) is 0 Å². The molecule has 118 valence electrons. The molecule has 2 aromatic rings. The largest absolute Gasteiger partial charge is 0.504 e. The first-order valence-electron chi connectivity index (χ1n) is 7.76. The van der Waals surface area contributed by atoms with Gasteiger partial charge in [-0.15, -0.1) is 0 Å². The molecule has 0 aliphatic carbocycles. The van der Waals surface area contributed by atoms with Gasteiger partial charge in [-0.3, -0.25) is 4.90 Å². The minimum absolute atomic E-state index is 0.184. The van der Waals surface area contributed by atoms with Crippen molar-refractivity contribution in [3.05, 3.63) is 41.3 Å². The molecule has 0 spiro atoms. The Bertz CT molecular complexity index is 639. The molecule has 1 atom stereocenters. The van der Waals surface area contributed by atoms with E-state index in [9.17, 15) is 5.11 Å². The highest BCUT2D eigenvalue weighted by molar-refractivity contribution is 5.41. The fraction of sp³-hybridized carbons (Fsp3) is 0.471. The van der Waals surface area contributed by atoms with Crippen LogP contribution in [0, 0.1) is 0 Å². The minimum atomic E-state index is 0.184. The lowest BCUT2D eigenvalue weighted by Gasteiger charge is -2.22. The summed E-state index contributed by atoms with van der Waals surface area (Å²) >= 11 is 0. The zero-order chi connectivity index (χ0) is 15.5. The van der Waals surface area contributed by atoms with Crippen LogP contribution in [-0.2, 0) is 13.0 Å². The second-order valence-corrected chi connectivity index (χ2v) is 5.71. The molecule has 0 saturated carbocycles. The molecule has 1 saturated heterocycles. The van der Waals surface area contributed by atoms with Crippen molar-refractivity contribution in [3.63, 3.8) is 0 Å². The quantitative estimate of drug-likeness (QED) is 0.918. The summed E-state index contributed by atoms with van der Waals surface area (Å²) in [6.07, 6.45) is 3.12. The van der Waals surface area contributed by atoms with Gasteiger partial charge >= 0.3 is 0 Å². The number of aromatic hydroxyl groups is 1. The zero-order valence-electron chi connectivity index (χ0n) is 13.1. The van der Waals surface area contributed by atoms with Gasteiger partial charge in [-0.05, 0) is 43.5 Å². The number of hydrogen-bond acceptors (Lipinski definition) is 5. The lowest BCUT2D eigenvalue weighted by molar-refractivity contribution is 0.206. The highest BCUT2D eigenvalue weighted by Crippen LogP contribution is 2.34. The summed E-state index contributed by atoms with van der Waals surface area (Å²) in [6, 6.07) is 7.91. The van der Waals surface area contributed by atoms with Gasteiger partial charge in [0.25, 0.3) is 0 Å². The number of hydrogen-bond donors (Lipinski definition) is 1. The van der Waals surface area contributed by atoms with Crippen molar-refractivity contribution in [2.45, 2.75) is 38.8 Å². The third-order valence-corrected chi connectivity index (χ3v) is 4.26. The molecule has 2 heterocycles. The van der Waals surface area contributed by atoms with Crippen LogP contribution in [0.5, 0.6) is 11.5 Å². The van der Waals surface area contributed by atoms with Crippen LogP contribution >= 0.6 is 0 Å². The van der Waals surface area contributed by atoms with E-state index < -0.39 is 0 Å². The molecule has 1 fully saturated rings. The maximum atomic E-state index is 9.91. The van der Waals surface area contributed by atoms with Crippen molar-refractivity contribution in [2.24, 2.45) is 0 Å². The van der Waals surface area contributed by atoms with Gasteiger partial charge in [0.2, 0.25) is 0 Å². The summed E-state index contributed by atoms with van der Waals surface area (Å²) in [5, 5.41) is 14.0. The van der Waals surface area contributed by atoms with Gasteiger partial charge < -0.3 is 14.4 Å². The number of phenolic OH excluding ortho intramolecular Hbond substituents is 1. The normalized spacial score (nSPS) is 18.7. The first-order chi connectivity index (χ1) is 10.7. The van der Waals surface area contributed by atoms with Crippen molar-refractivity contribution in [1.29, 1.82) is 0 Å². The van der Waals surface area contributed by atoms with Crippen molar-refractivity contribution in [3.8, 4) is 11.5 Å². The van der Waals surface area contributed by atoms with Crippen LogP contribution in [0.4, 0.5) is 0 Å². The second kappa shape index (κ2) is 6.40. The van der Waals surface area contributed by atoms with E-state index in [4.69, 9.17) is 9.26 Å². The molecular weight excluding hydrogens is 280 g/mol. The number of rotatable bonds is 5. The maximum absolute atomic E-state index is 9.91. The second-order valence-electron chi connectivity index (χ2n) is 5.71. The van der Waals surface area contributed by atoms with E-state index in [2.05, 4.69) is 23.0 Å². The van der Waals surface area contributed by atoms with Gasteiger partial charge in [0.05, 0.1) is 18.8 Å². The Morgan fingerprint density at radius 2 is 2.27 bits per heavy atom. The number of benzene rings is 1. The number of phenols is 1. The summed E-state index contributed by atoms with van der Waals surface area (Å²) in [5.41, 5.74) is 2.07. The Hall–Kier alpha value is -2.01. The van der Waals surface area contributed by atoms with E-state index in [1.165, 1.54) is 0 Å².